The maximum absolute atomic E-state index is 13.1. The normalized spacial score (nSPS) is 21.5. The first-order valence-electron chi connectivity index (χ1n) is 12.9. The molecule has 1 aromatic heterocycles. The first-order chi connectivity index (χ1) is 18.7. The van der Waals surface area contributed by atoms with Crippen molar-refractivity contribution in [3.05, 3.63) is 70.4 Å². The molecule has 208 valence electrons. The predicted molar refractivity (Wildman–Crippen MR) is 167 cm³/mol. The summed E-state index contributed by atoms with van der Waals surface area (Å²) in [6, 6.07) is 19.7. The molecule has 3 aromatic rings. The van der Waals surface area contributed by atoms with E-state index in [9.17, 15) is 9.59 Å². The van der Waals surface area contributed by atoms with E-state index >= 15 is 0 Å². The first-order valence-corrected chi connectivity index (χ1v) is 17.2. The molecule has 0 radical (unpaired) electrons. The number of hydrogen-bond donors (Lipinski definition) is 2. The first kappa shape index (κ1) is 30.0. The average Bonchev–Trinajstić information content (AvgIpc) is 3.29. The van der Waals surface area contributed by atoms with Crippen LogP contribution in [0.4, 0.5) is 5.82 Å². The molecule has 10 heteroatoms. The molecular weight excluding hydrogens is 641 g/mol. The number of anilines is 1. The van der Waals surface area contributed by atoms with Gasteiger partial charge in [-0.05, 0) is 57.1 Å². The molecule has 2 aromatic carbocycles. The largest absolute Gasteiger partial charge is 0.469 e. The molecule has 2 N–H and O–H groups in total. The van der Waals surface area contributed by atoms with Gasteiger partial charge in [-0.2, -0.15) is 0 Å². The number of nitrogens with one attached hydrogen (secondary N) is 1. The van der Waals surface area contributed by atoms with E-state index in [2.05, 4.69) is 51.7 Å². The molecule has 0 amide bonds. The van der Waals surface area contributed by atoms with E-state index in [1.165, 1.54) is 18.9 Å². The molecule has 39 heavy (non-hydrogen) atoms. The van der Waals surface area contributed by atoms with Crippen molar-refractivity contribution in [1.82, 2.24) is 9.97 Å². The van der Waals surface area contributed by atoms with Crippen LogP contribution in [0.5, 0.6) is 0 Å². The van der Waals surface area contributed by atoms with Gasteiger partial charge < -0.3 is 19.6 Å². The van der Waals surface area contributed by atoms with E-state index in [0.717, 1.165) is 19.8 Å². The Morgan fingerprint density at radius 1 is 1.13 bits per heavy atom. The van der Waals surface area contributed by atoms with Crippen molar-refractivity contribution in [1.29, 1.82) is 0 Å². The highest BCUT2D eigenvalue weighted by Crippen LogP contribution is 2.49. The highest BCUT2D eigenvalue weighted by atomic mass is 127. The van der Waals surface area contributed by atoms with Crippen molar-refractivity contribution in [3.8, 4) is 0 Å². The van der Waals surface area contributed by atoms with Crippen molar-refractivity contribution >= 4 is 64.8 Å². The number of rotatable bonds is 10. The molecule has 0 saturated heterocycles. The minimum absolute atomic E-state index is 0.166. The number of ether oxygens (including phenoxy) is 2. The van der Waals surface area contributed by atoms with Crippen LogP contribution >= 0.6 is 34.4 Å². The van der Waals surface area contributed by atoms with Crippen LogP contribution in [-0.4, -0.2) is 61.7 Å². The maximum atomic E-state index is 13.1. The SMILES string of the molecule is COC(=O)[C@H]1C[C@@H](Nc2nc(SC)ncc2I)[C@H](OC)[C@@H]1CC(C)(C)[Si](O)(c1ccccc1)c1ccccc1. The standard InChI is InChI=1S/C29H36IN3O4SSi/c1-29(2,39(35,19-12-8-6-9-13-19)20-14-10-7-11-15-20)17-22-21(27(34)37-4)16-24(25(22)36-3)32-26-23(30)18-31-28(33-26)38-5/h6-15,18,21-22,24-25,35H,16-17H2,1-5H3,(H,31,32,33)/t21-,22+,24+,25+/m0/s1. The smallest absolute Gasteiger partial charge is 0.309 e. The number of benzene rings is 2. The minimum atomic E-state index is -3.28. The van der Waals surface area contributed by atoms with Gasteiger partial charge in [0.05, 0.1) is 28.7 Å². The van der Waals surface area contributed by atoms with Crippen LogP contribution in [0.1, 0.15) is 26.7 Å². The molecule has 1 saturated carbocycles. The Kier molecular flexibility index (Phi) is 9.74. The molecule has 7 nitrogen and oxygen atoms in total. The van der Waals surface area contributed by atoms with Gasteiger partial charge in [0.25, 0.3) is 8.32 Å². The summed E-state index contributed by atoms with van der Waals surface area (Å²) in [4.78, 5) is 34.9. The number of hydrogen-bond acceptors (Lipinski definition) is 8. The second-order valence-electron chi connectivity index (χ2n) is 10.6. The third-order valence-electron chi connectivity index (χ3n) is 7.95. The van der Waals surface area contributed by atoms with E-state index in [0.29, 0.717) is 18.0 Å². The third kappa shape index (κ3) is 6.04. The predicted octanol–water partition coefficient (Wildman–Crippen LogP) is 4.33. The van der Waals surface area contributed by atoms with Gasteiger partial charge in [0.15, 0.2) is 5.16 Å². The van der Waals surface area contributed by atoms with Crippen molar-refractivity contribution in [2.45, 2.75) is 49.0 Å². The topological polar surface area (TPSA) is 93.6 Å². The summed E-state index contributed by atoms with van der Waals surface area (Å²) >= 11 is 3.70. The Hall–Kier alpha value is -1.99. The molecule has 1 aliphatic rings. The molecule has 0 spiro atoms. The van der Waals surface area contributed by atoms with E-state index in [1.54, 1.807) is 13.3 Å². The number of esters is 1. The van der Waals surface area contributed by atoms with Gasteiger partial charge in [0.1, 0.15) is 5.82 Å². The van der Waals surface area contributed by atoms with Gasteiger partial charge in [-0.25, -0.2) is 9.97 Å². The zero-order chi connectivity index (χ0) is 28.2. The number of carbonyl (C=O) groups is 1. The van der Waals surface area contributed by atoms with Crippen molar-refractivity contribution in [3.63, 3.8) is 0 Å². The van der Waals surface area contributed by atoms with Crippen LogP contribution in [-0.2, 0) is 14.3 Å². The Morgan fingerprint density at radius 3 is 2.23 bits per heavy atom. The van der Waals surface area contributed by atoms with Crippen molar-refractivity contribution in [2.24, 2.45) is 11.8 Å². The van der Waals surface area contributed by atoms with E-state index in [-0.39, 0.29) is 30.0 Å². The fourth-order valence-electron chi connectivity index (χ4n) is 6.04. The summed E-state index contributed by atoms with van der Waals surface area (Å²) in [5, 5.41) is 5.57. The van der Waals surface area contributed by atoms with Gasteiger partial charge in [-0.15, -0.1) is 0 Å². The fraction of sp³-hybridized carbons (Fsp3) is 0.414. The van der Waals surface area contributed by atoms with Crippen molar-refractivity contribution in [2.75, 3.05) is 25.8 Å². The Labute approximate surface area is 249 Å². The molecule has 1 aliphatic carbocycles. The highest BCUT2D eigenvalue weighted by molar-refractivity contribution is 14.1. The lowest BCUT2D eigenvalue weighted by Crippen LogP contribution is -2.66. The van der Waals surface area contributed by atoms with Gasteiger partial charge in [-0.3, -0.25) is 4.79 Å². The lowest BCUT2D eigenvalue weighted by molar-refractivity contribution is -0.147. The molecule has 4 rings (SSSR count). The zero-order valence-corrected chi connectivity index (χ0v) is 26.9. The summed E-state index contributed by atoms with van der Waals surface area (Å²) in [6.45, 7) is 4.25. The van der Waals surface area contributed by atoms with Gasteiger partial charge in [0, 0.05) is 19.2 Å². The zero-order valence-electron chi connectivity index (χ0n) is 22.9. The Morgan fingerprint density at radius 2 is 1.72 bits per heavy atom. The molecule has 1 fully saturated rings. The summed E-state index contributed by atoms with van der Waals surface area (Å²) in [5.41, 5.74) is 0. The monoisotopic (exact) mass is 677 g/mol. The summed E-state index contributed by atoms with van der Waals surface area (Å²) in [7, 11) is -0.159. The number of carbonyl (C=O) groups excluding carboxylic acids is 1. The molecule has 1 heterocycles. The molecule has 0 bridgehead atoms. The number of halogens is 1. The van der Waals surface area contributed by atoms with Crippen LogP contribution in [0, 0.1) is 15.4 Å². The third-order valence-corrected chi connectivity index (χ3v) is 13.8. The van der Waals surface area contributed by atoms with Crippen LogP contribution in [0.3, 0.4) is 0 Å². The molecule has 0 unspecified atom stereocenters. The number of aromatic nitrogens is 2. The quantitative estimate of drug-likeness (QED) is 0.108. The van der Waals surface area contributed by atoms with Crippen molar-refractivity contribution < 1.29 is 19.1 Å². The summed E-state index contributed by atoms with van der Waals surface area (Å²) < 4.78 is 12.3. The highest BCUT2D eigenvalue weighted by Gasteiger charge is 2.56. The lowest BCUT2D eigenvalue weighted by atomic mass is 9.86. The minimum Gasteiger partial charge on any atom is -0.469 e. The van der Waals surface area contributed by atoms with Gasteiger partial charge >= 0.3 is 5.97 Å². The Balaban J connectivity index is 1.73. The second-order valence-corrected chi connectivity index (χ2v) is 16.4. The average molecular weight is 678 g/mol. The van der Waals surface area contributed by atoms with Crippen LogP contribution in [0.25, 0.3) is 0 Å². The summed E-state index contributed by atoms with van der Waals surface area (Å²) in [5.74, 6) is -0.0964. The fourth-order valence-corrected chi connectivity index (χ4v) is 10.6. The molecule has 4 atom stereocenters. The molecular formula is C29H36IN3O4SSi. The molecule has 0 aliphatic heterocycles. The number of methoxy groups -OCH3 is 2. The summed E-state index contributed by atoms with van der Waals surface area (Å²) in [6.07, 6.45) is 4.56. The van der Waals surface area contributed by atoms with E-state index < -0.39 is 13.4 Å². The van der Waals surface area contributed by atoms with E-state index in [4.69, 9.17) is 9.47 Å². The van der Waals surface area contributed by atoms with E-state index in [1.807, 2.05) is 66.9 Å². The van der Waals surface area contributed by atoms with Crippen LogP contribution < -0.4 is 15.7 Å². The second kappa shape index (κ2) is 12.7. The van der Waals surface area contributed by atoms with Gasteiger partial charge in [-0.1, -0.05) is 86.3 Å². The number of thioether (sulfide) groups is 1. The lowest BCUT2D eigenvalue weighted by Gasteiger charge is -2.44. The van der Waals surface area contributed by atoms with Gasteiger partial charge in [0.2, 0.25) is 0 Å². The Bertz CT molecular complexity index is 1230. The van der Waals surface area contributed by atoms with Crippen LogP contribution in [0.15, 0.2) is 72.0 Å². The number of nitrogens with zero attached hydrogens (tertiary/aromatic N) is 2. The maximum Gasteiger partial charge on any atom is 0.309 e. The van der Waals surface area contributed by atoms with Crippen LogP contribution in [0.2, 0.25) is 5.04 Å².